The van der Waals surface area contributed by atoms with Gasteiger partial charge in [0.15, 0.2) is 0 Å². The molecule has 0 heterocycles. The number of unbranched alkanes of at least 4 members (excludes halogenated alkanes) is 3. The zero-order chi connectivity index (χ0) is 21.2. The number of nitro groups is 1. The van der Waals surface area contributed by atoms with E-state index in [9.17, 15) is 19.5 Å². The summed E-state index contributed by atoms with van der Waals surface area (Å²) in [6.45, 7) is 7.18. The smallest absolute Gasteiger partial charge is 0.459 e. The molecule has 0 spiro atoms. The molecular formula is C18H29N2O7P. The van der Waals surface area contributed by atoms with Crippen LogP contribution >= 0.6 is 7.75 Å². The van der Waals surface area contributed by atoms with Gasteiger partial charge in [-0.1, -0.05) is 26.2 Å². The monoisotopic (exact) mass is 416 g/mol. The Morgan fingerprint density at radius 1 is 1.18 bits per heavy atom. The van der Waals surface area contributed by atoms with Crippen molar-refractivity contribution in [3.8, 4) is 5.75 Å². The Morgan fingerprint density at radius 3 is 2.36 bits per heavy atom. The maximum absolute atomic E-state index is 13.1. The molecule has 2 unspecified atom stereocenters. The average Bonchev–Trinajstić information content (AvgIpc) is 2.61. The lowest BCUT2D eigenvalue weighted by Gasteiger charge is -2.23. The van der Waals surface area contributed by atoms with E-state index >= 15 is 0 Å². The molecular weight excluding hydrogens is 387 g/mol. The summed E-state index contributed by atoms with van der Waals surface area (Å²) in [5, 5.41) is 13.3. The van der Waals surface area contributed by atoms with Gasteiger partial charge in [-0.2, -0.15) is 5.09 Å². The molecule has 0 aliphatic heterocycles. The molecule has 2 atom stereocenters. The van der Waals surface area contributed by atoms with Crippen molar-refractivity contribution in [2.45, 2.75) is 65.5 Å². The second kappa shape index (κ2) is 11.8. The number of esters is 1. The van der Waals surface area contributed by atoms with Gasteiger partial charge in [0.05, 0.1) is 17.6 Å². The number of nitro benzene ring substituents is 1. The van der Waals surface area contributed by atoms with Crippen molar-refractivity contribution < 1.29 is 28.1 Å². The van der Waals surface area contributed by atoms with Gasteiger partial charge in [-0.3, -0.25) is 19.4 Å². The van der Waals surface area contributed by atoms with E-state index in [1.807, 2.05) is 0 Å². The lowest BCUT2D eigenvalue weighted by molar-refractivity contribution is -0.384. The first-order chi connectivity index (χ1) is 13.2. The molecule has 0 aliphatic carbocycles. The van der Waals surface area contributed by atoms with Gasteiger partial charge in [0.1, 0.15) is 11.8 Å². The standard InChI is InChI=1S/C18H29N2O7P/c1-5-6-7-8-13-25-28(24,19-15(4)18(21)26-14(2)3)27-17-11-9-16(10-12-17)20(22)23/h9-12,14-15H,5-8,13H2,1-4H3,(H,19,24). The summed E-state index contributed by atoms with van der Waals surface area (Å²) in [5.74, 6) is -0.462. The largest absolute Gasteiger partial charge is 0.462 e. The molecule has 0 amide bonds. The van der Waals surface area contributed by atoms with Gasteiger partial charge in [0.2, 0.25) is 0 Å². The van der Waals surface area contributed by atoms with Crippen LogP contribution < -0.4 is 9.61 Å². The van der Waals surface area contributed by atoms with Crippen molar-refractivity contribution in [1.29, 1.82) is 0 Å². The van der Waals surface area contributed by atoms with Gasteiger partial charge >= 0.3 is 13.7 Å². The van der Waals surface area contributed by atoms with Gasteiger partial charge in [0, 0.05) is 12.1 Å². The Kier molecular flexibility index (Phi) is 10.1. The van der Waals surface area contributed by atoms with Gasteiger partial charge in [-0.25, -0.2) is 4.57 Å². The summed E-state index contributed by atoms with van der Waals surface area (Å²) >= 11 is 0. The fraction of sp³-hybridized carbons (Fsp3) is 0.611. The Balaban J connectivity index is 2.85. The predicted molar refractivity (Wildman–Crippen MR) is 105 cm³/mol. The maximum Gasteiger partial charge on any atom is 0.459 e. The van der Waals surface area contributed by atoms with E-state index in [1.165, 1.54) is 31.2 Å². The van der Waals surface area contributed by atoms with Crippen molar-refractivity contribution in [3.05, 3.63) is 34.4 Å². The van der Waals surface area contributed by atoms with Crippen LogP contribution in [0.1, 0.15) is 53.4 Å². The second-order valence-electron chi connectivity index (χ2n) is 6.57. The average molecular weight is 416 g/mol. The number of hydrogen-bond donors (Lipinski definition) is 1. The van der Waals surface area contributed by atoms with Crippen LogP contribution in [-0.2, 0) is 18.6 Å². The summed E-state index contributed by atoms with van der Waals surface area (Å²) in [5.41, 5.74) is -0.121. The molecule has 0 saturated heterocycles. The van der Waals surface area contributed by atoms with E-state index < -0.39 is 24.7 Å². The Hall–Kier alpha value is -1.96. The Labute approximate surface area is 165 Å². The normalized spacial score (nSPS) is 14.3. The summed E-state index contributed by atoms with van der Waals surface area (Å²) in [4.78, 5) is 22.2. The summed E-state index contributed by atoms with van der Waals surface area (Å²) in [7, 11) is -3.90. The first-order valence-electron chi connectivity index (χ1n) is 9.33. The van der Waals surface area contributed by atoms with E-state index in [0.29, 0.717) is 6.42 Å². The molecule has 0 aliphatic rings. The lowest BCUT2D eigenvalue weighted by Crippen LogP contribution is -2.36. The van der Waals surface area contributed by atoms with Crippen molar-refractivity contribution >= 4 is 19.4 Å². The Morgan fingerprint density at radius 2 is 1.82 bits per heavy atom. The number of nitrogens with zero attached hydrogens (tertiary/aromatic N) is 1. The quantitative estimate of drug-likeness (QED) is 0.163. The molecule has 0 bridgehead atoms. The SMILES string of the molecule is CCCCCCOP(=O)(NC(C)C(=O)OC(C)C)Oc1ccc([N+](=O)[O-])cc1. The van der Waals surface area contributed by atoms with E-state index in [4.69, 9.17) is 13.8 Å². The minimum absolute atomic E-state index is 0.121. The number of rotatable bonds is 13. The minimum atomic E-state index is -3.90. The van der Waals surface area contributed by atoms with Crippen LogP contribution in [0.3, 0.4) is 0 Å². The number of non-ortho nitro benzene ring substituents is 1. The summed E-state index contributed by atoms with van der Waals surface area (Å²) in [6, 6.07) is 4.19. The van der Waals surface area contributed by atoms with Crippen LogP contribution in [0.25, 0.3) is 0 Å². The second-order valence-corrected chi connectivity index (χ2v) is 8.26. The first kappa shape index (κ1) is 24.1. The van der Waals surface area contributed by atoms with E-state index in [1.54, 1.807) is 13.8 Å². The third-order valence-electron chi connectivity index (χ3n) is 3.59. The molecule has 0 radical (unpaired) electrons. The molecule has 28 heavy (non-hydrogen) atoms. The van der Waals surface area contributed by atoms with Gasteiger partial charge in [0.25, 0.3) is 5.69 Å². The topological polar surface area (TPSA) is 117 Å². The van der Waals surface area contributed by atoms with Crippen molar-refractivity contribution in [3.63, 3.8) is 0 Å². The molecule has 10 heteroatoms. The van der Waals surface area contributed by atoms with Crippen molar-refractivity contribution in [1.82, 2.24) is 5.09 Å². The third kappa shape index (κ3) is 8.82. The number of carbonyl (C=O) groups excluding carboxylic acids is 1. The highest BCUT2D eigenvalue weighted by atomic mass is 31.2. The molecule has 0 fully saturated rings. The first-order valence-corrected chi connectivity index (χ1v) is 10.9. The highest BCUT2D eigenvalue weighted by molar-refractivity contribution is 7.52. The summed E-state index contributed by atoms with van der Waals surface area (Å²) in [6.07, 6.45) is 3.36. The van der Waals surface area contributed by atoms with Crippen LogP contribution in [0.2, 0.25) is 0 Å². The third-order valence-corrected chi connectivity index (χ3v) is 5.27. The fourth-order valence-electron chi connectivity index (χ4n) is 2.20. The van der Waals surface area contributed by atoms with Crippen LogP contribution in [0.15, 0.2) is 24.3 Å². The predicted octanol–water partition coefficient (Wildman–Crippen LogP) is 4.61. The lowest BCUT2D eigenvalue weighted by atomic mass is 10.2. The van der Waals surface area contributed by atoms with Crippen LogP contribution in [-0.4, -0.2) is 29.6 Å². The molecule has 9 nitrogen and oxygen atoms in total. The fourth-order valence-corrected chi connectivity index (χ4v) is 3.72. The molecule has 1 rings (SSSR count). The zero-order valence-corrected chi connectivity index (χ0v) is 17.6. The molecule has 0 aromatic heterocycles. The zero-order valence-electron chi connectivity index (χ0n) is 16.8. The number of nitrogens with one attached hydrogen (secondary N) is 1. The van der Waals surface area contributed by atoms with Gasteiger partial charge in [-0.15, -0.1) is 0 Å². The molecule has 1 N–H and O–H groups in total. The van der Waals surface area contributed by atoms with Crippen LogP contribution in [0, 0.1) is 10.1 Å². The number of carbonyl (C=O) groups is 1. The van der Waals surface area contributed by atoms with Gasteiger partial charge < -0.3 is 9.26 Å². The Bertz CT molecular complexity index is 679. The van der Waals surface area contributed by atoms with Crippen LogP contribution in [0.4, 0.5) is 5.69 Å². The van der Waals surface area contributed by atoms with E-state index in [-0.39, 0.29) is 24.1 Å². The number of benzene rings is 1. The molecule has 1 aromatic carbocycles. The van der Waals surface area contributed by atoms with Crippen molar-refractivity contribution in [2.75, 3.05) is 6.61 Å². The van der Waals surface area contributed by atoms with E-state index in [0.717, 1.165) is 19.3 Å². The molecule has 158 valence electrons. The van der Waals surface area contributed by atoms with E-state index in [2.05, 4.69) is 12.0 Å². The van der Waals surface area contributed by atoms with Gasteiger partial charge in [-0.05, 0) is 39.3 Å². The molecule has 1 aromatic rings. The highest BCUT2D eigenvalue weighted by Crippen LogP contribution is 2.45. The number of ether oxygens (including phenoxy) is 1. The van der Waals surface area contributed by atoms with Crippen molar-refractivity contribution in [2.24, 2.45) is 0 Å². The minimum Gasteiger partial charge on any atom is -0.462 e. The number of hydrogen-bond acceptors (Lipinski definition) is 7. The summed E-state index contributed by atoms with van der Waals surface area (Å²) < 4.78 is 29.2. The maximum atomic E-state index is 13.1. The molecule has 0 saturated carbocycles. The highest BCUT2D eigenvalue weighted by Gasteiger charge is 2.32. The van der Waals surface area contributed by atoms with Crippen LogP contribution in [0.5, 0.6) is 5.75 Å².